The SMILES string of the molecule is CCN(Nc1ccc(CCc2ccc(N3CCN(C(C)=O)CC3)cn2)s1)C(C)(C)C. The highest BCUT2D eigenvalue weighted by Crippen LogP contribution is 2.26. The van der Waals surface area contributed by atoms with E-state index in [-0.39, 0.29) is 11.4 Å². The van der Waals surface area contributed by atoms with Crippen LogP contribution >= 0.6 is 11.3 Å². The molecule has 7 heteroatoms. The third-order valence-electron chi connectivity index (χ3n) is 5.56. The summed E-state index contributed by atoms with van der Waals surface area (Å²) in [5, 5.41) is 3.45. The van der Waals surface area contributed by atoms with Crippen molar-refractivity contribution in [2.75, 3.05) is 43.0 Å². The van der Waals surface area contributed by atoms with Crippen LogP contribution in [0.1, 0.15) is 45.2 Å². The number of hydrogen-bond donors (Lipinski definition) is 1. The van der Waals surface area contributed by atoms with Gasteiger partial charge in [0.15, 0.2) is 0 Å². The van der Waals surface area contributed by atoms with Gasteiger partial charge in [-0.05, 0) is 57.9 Å². The number of piperazine rings is 1. The molecule has 2 aromatic heterocycles. The lowest BCUT2D eigenvalue weighted by atomic mass is 10.1. The van der Waals surface area contributed by atoms with Gasteiger partial charge in [0.05, 0.1) is 11.9 Å². The lowest BCUT2D eigenvalue weighted by Gasteiger charge is -2.35. The molecule has 0 aromatic carbocycles. The van der Waals surface area contributed by atoms with E-state index >= 15 is 0 Å². The molecule has 1 N–H and O–H groups in total. The van der Waals surface area contributed by atoms with Crippen LogP contribution in [0.2, 0.25) is 0 Å². The second-order valence-corrected chi connectivity index (χ2v) is 9.96. The number of aromatic nitrogens is 1. The second-order valence-electron chi connectivity index (χ2n) is 8.79. The van der Waals surface area contributed by atoms with Crippen molar-refractivity contribution in [3.05, 3.63) is 41.0 Å². The summed E-state index contributed by atoms with van der Waals surface area (Å²) in [4.78, 5) is 21.7. The molecule has 6 nitrogen and oxygen atoms in total. The van der Waals surface area contributed by atoms with E-state index in [1.165, 1.54) is 9.88 Å². The standard InChI is InChI=1S/C23H35N5OS/c1-6-28(23(3,4)5)25-22-12-11-21(30-22)10-8-19-7-9-20(17-24-19)27-15-13-26(14-16-27)18(2)29/h7,9,11-12,17,25H,6,8,10,13-16H2,1-5H3. The van der Waals surface area contributed by atoms with Gasteiger partial charge in [-0.15, -0.1) is 11.3 Å². The lowest BCUT2D eigenvalue weighted by Crippen LogP contribution is -2.48. The van der Waals surface area contributed by atoms with Gasteiger partial charge in [-0.1, -0.05) is 6.92 Å². The summed E-state index contributed by atoms with van der Waals surface area (Å²) in [7, 11) is 0. The van der Waals surface area contributed by atoms with Crippen LogP contribution < -0.4 is 10.3 Å². The van der Waals surface area contributed by atoms with E-state index in [1.54, 1.807) is 6.92 Å². The fourth-order valence-electron chi connectivity index (χ4n) is 3.71. The minimum Gasteiger partial charge on any atom is -0.367 e. The van der Waals surface area contributed by atoms with Crippen LogP contribution in [0, 0.1) is 0 Å². The Balaban J connectivity index is 1.50. The van der Waals surface area contributed by atoms with Gasteiger partial charge in [-0.3, -0.25) is 9.78 Å². The van der Waals surface area contributed by atoms with Crippen molar-refractivity contribution < 1.29 is 4.79 Å². The summed E-state index contributed by atoms with van der Waals surface area (Å²) in [6, 6.07) is 8.69. The average Bonchev–Trinajstić information content (AvgIpc) is 3.17. The van der Waals surface area contributed by atoms with E-state index in [1.807, 2.05) is 22.4 Å². The van der Waals surface area contributed by atoms with Gasteiger partial charge < -0.3 is 15.2 Å². The summed E-state index contributed by atoms with van der Waals surface area (Å²) in [6.45, 7) is 14.7. The first-order valence-electron chi connectivity index (χ1n) is 10.8. The molecule has 0 spiro atoms. The Kier molecular flexibility index (Phi) is 7.36. The van der Waals surface area contributed by atoms with E-state index in [9.17, 15) is 4.79 Å². The Bertz CT molecular complexity index is 819. The lowest BCUT2D eigenvalue weighted by molar-refractivity contribution is -0.129. The van der Waals surface area contributed by atoms with E-state index in [0.29, 0.717) is 0 Å². The zero-order chi connectivity index (χ0) is 21.7. The molecule has 3 rings (SSSR count). The zero-order valence-electron chi connectivity index (χ0n) is 18.9. The Hall–Kier alpha value is -2.12. The molecule has 0 atom stereocenters. The quantitative estimate of drug-likeness (QED) is 0.673. The minimum atomic E-state index is 0.0866. The van der Waals surface area contributed by atoms with Gasteiger partial charge in [0.1, 0.15) is 5.00 Å². The molecule has 0 bridgehead atoms. The number of anilines is 2. The molecule has 2 aromatic rings. The van der Waals surface area contributed by atoms with Crippen molar-refractivity contribution in [2.24, 2.45) is 0 Å². The number of rotatable bonds is 7. The van der Waals surface area contributed by atoms with Gasteiger partial charge in [0.25, 0.3) is 0 Å². The molecule has 1 amide bonds. The molecule has 1 saturated heterocycles. The van der Waals surface area contributed by atoms with Crippen LogP contribution in [0.25, 0.3) is 0 Å². The smallest absolute Gasteiger partial charge is 0.219 e. The number of hydrogen-bond acceptors (Lipinski definition) is 6. The summed E-state index contributed by atoms with van der Waals surface area (Å²) in [5.74, 6) is 0.163. The van der Waals surface area contributed by atoms with Crippen LogP contribution in [0.15, 0.2) is 30.5 Å². The molecule has 164 valence electrons. The van der Waals surface area contributed by atoms with Crippen LogP contribution in [0.5, 0.6) is 0 Å². The molecular formula is C23H35N5OS. The van der Waals surface area contributed by atoms with Gasteiger partial charge >= 0.3 is 0 Å². The number of amides is 1. The number of carbonyl (C=O) groups excluding carboxylic acids is 1. The van der Waals surface area contributed by atoms with Crippen LogP contribution in [0.4, 0.5) is 10.7 Å². The number of nitrogens with zero attached hydrogens (tertiary/aromatic N) is 4. The number of nitrogens with one attached hydrogen (secondary N) is 1. The Morgan fingerprint density at radius 2 is 1.87 bits per heavy atom. The van der Waals surface area contributed by atoms with E-state index in [2.05, 4.69) is 72.3 Å². The number of hydrazine groups is 1. The second kappa shape index (κ2) is 9.79. The number of thiophene rings is 1. The van der Waals surface area contributed by atoms with Gasteiger partial charge in [-0.2, -0.15) is 0 Å². The number of aryl methyl sites for hydroxylation is 2. The third kappa shape index (κ3) is 5.95. The Morgan fingerprint density at radius 1 is 1.13 bits per heavy atom. The van der Waals surface area contributed by atoms with Crippen molar-refractivity contribution in [2.45, 2.75) is 53.0 Å². The topological polar surface area (TPSA) is 51.7 Å². The molecule has 0 aliphatic carbocycles. The highest BCUT2D eigenvalue weighted by molar-refractivity contribution is 7.16. The minimum absolute atomic E-state index is 0.0866. The van der Waals surface area contributed by atoms with Crippen molar-refractivity contribution in [3.8, 4) is 0 Å². The molecule has 30 heavy (non-hydrogen) atoms. The summed E-state index contributed by atoms with van der Waals surface area (Å²) in [6.07, 6.45) is 3.91. The van der Waals surface area contributed by atoms with Gasteiger partial charge in [0, 0.05) is 55.8 Å². The predicted octanol–water partition coefficient (Wildman–Crippen LogP) is 4.04. The molecule has 1 aliphatic heterocycles. The molecule has 0 radical (unpaired) electrons. The van der Waals surface area contributed by atoms with Crippen molar-refractivity contribution in [3.63, 3.8) is 0 Å². The van der Waals surface area contributed by atoms with Crippen molar-refractivity contribution in [1.29, 1.82) is 0 Å². The molecular weight excluding hydrogens is 394 g/mol. The largest absolute Gasteiger partial charge is 0.367 e. The van der Waals surface area contributed by atoms with E-state index < -0.39 is 0 Å². The van der Waals surface area contributed by atoms with Crippen molar-refractivity contribution >= 4 is 27.9 Å². The molecule has 1 fully saturated rings. The first-order valence-corrected chi connectivity index (χ1v) is 11.7. The average molecular weight is 430 g/mol. The molecule has 0 unspecified atom stereocenters. The van der Waals surface area contributed by atoms with Gasteiger partial charge in [-0.25, -0.2) is 5.01 Å². The third-order valence-corrected chi connectivity index (χ3v) is 6.61. The van der Waals surface area contributed by atoms with Crippen LogP contribution in [0.3, 0.4) is 0 Å². The first kappa shape index (κ1) is 22.6. The maximum absolute atomic E-state index is 11.5. The van der Waals surface area contributed by atoms with E-state index in [4.69, 9.17) is 0 Å². The first-order chi connectivity index (χ1) is 14.3. The van der Waals surface area contributed by atoms with Crippen LogP contribution in [-0.4, -0.2) is 59.1 Å². The van der Waals surface area contributed by atoms with E-state index in [0.717, 1.165) is 56.9 Å². The highest BCUT2D eigenvalue weighted by Gasteiger charge is 2.20. The molecule has 3 heterocycles. The normalized spacial score (nSPS) is 15.0. The Labute approximate surface area is 184 Å². The highest BCUT2D eigenvalue weighted by atomic mass is 32.1. The summed E-state index contributed by atoms with van der Waals surface area (Å²) in [5.41, 5.74) is 5.90. The summed E-state index contributed by atoms with van der Waals surface area (Å²) >= 11 is 1.82. The van der Waals surface area contributed by atoms with Crippen LogP contribution in [-0.2, 0) is 17.6 Å². The fraction of sp³-hybridized carbons (Fsp3) is 0.565. The number of carbonyl (C=O) groups is 1. The summed E-state index contributed by atoms with van der Waals surface area (Å²) < 4.78 is 0. The maximum atomic E-state index is 11.5. The molecule has 1 aliphatic rings. The predicted molar refractivity (Wildman–Crippen MR) is 126 cm³/mol. The molecule has 0 saturated carbocycles. The zero-order valence-corrected chi connectivity index (χ0v) is 19.8. The maximum Gasteiger partial charge on any atom is 0.219 e. The fourth-order valence-corrected chi connectivity index (χ4v) is 4.62. The van der Waals surface area contributed by atoms with Gasteiger partial charge in [0.2, 0.25) is 5.91 Å². The number of pyridine rings is 1. The Morgan fingerprint density at radius 3 is 2.43 bits per heavy atom. The monoisotopic (exact) mass is 429 g/mol. The van der Waals surface area contributed by atoms with Crippen molar-refractivity contribution in [1.82, 2.24) is 14.9 Å².